The normalized spacial score (nSPS) is 12.0. The van der Waals surface area contributed by atoms with Gasteiger partial charge in [-0.2, -0.15) is 0 Å². The molecular formula is C66H45N3Si. The number of benzene rings is 11. The van der Waals surface area contributed by atoms with Crippen LogP contribution in [-0.4, -0.2) is 21.8 Å². The molecule has 0 saturated heterocycles. The Hall–Kier alpha value is -8.96. The maximum atomic E-state index is 2.55. The molecule has 0 radical (unpaired) electrons. The molecule has 0 fully saturated rings. The van der Waals surface area contributed by atoms with E-state index in [-0.39, 0.29) is 0 Å². The molecule has 0 aliphatic heterocycles. The first-order valence-corrected chi connectivity index (χ1v) is 26.2. The Morgan fingerprint density at radius 3 is 1.03 bits per heavy atom. The summed E-state index contributed by atoms with van der Waals surface area (Å²) in [5.41, 5.74) is 12.9. The number of rotatable bonds is 8. The number of fused-ring (bicyclic) bond motifs is 9. The fourth-order valence-corrected chi connectivity index (χ4v) is 16.7. The van der Waals surface area contributed by atoms with E-state index >= 15 is 0 Å². The van der Waals surface area contributed by atoms with Crippen LogP contribution in [-0.2, 0) is 0 Å². The van der Waals surface area contributed by atoms with Crippen molar-refractivity contribution >= 4 is 94.2 Å². The third-order valence-electron chi connectivity index (χ3n) is 14.8. The van der Waals surface area contributed by atoms with E-state index in [1.165, 1.54) is 97.3 Å². The number of nitrogens with zero attached hydrogens (tertiary/aromatic N) is 3. The predicted octanol–water partition coefficient (Wildman–Crippen LogP) is 14.0. The van der Waals surface area contributed by atoms with Gasteiger partial charge >= 0.3 is 0 Å². The second-order valence-corrected chi connectivity index (χ2v) is 22.2. The lowest BCUT2D eigenvalue weighted by atomic mass is 9.99. The highest BCUT2D eigenvalue weighted by molar-refractivity contribution is 7.19. The lowest BCUT2D eigenvalue weighted by molar-refractivity contribution is 1.13. The second-order valence-electron chi connectivity index (χ2n) is 18.4. The zero-order valence-electron chi connectivity index (χ0n) is 38.3. The van der Waals surface area contributed by atoms with Gasteiger partial charge in [0.25, 0.3) is 0 Å². The molecule has 70 heavy (non-hydrogen) atoms. The molecule has 3 aromatic heterocycles. The van der Waals surface area contributed by atoms with E-state index in [0.717, 1.165) is 17.1 Å². The molecule has 0 amide bonds. The van der Waals surface area contributed by atoms with Crippen LogP contribution in [0.1, 0.15) is 0 Å². The van der Waals surface area contributed by atoms with E-state index in [4.69, 9.17) is 0 Å². The first-order valence-electron chi connectivity index (χ1n) is 24.2. The average Bonchev–Trinajstić information content (AvgIpc) is 4.09. The van der Waals surface area contributed by atoms with Crippen LogP contribution < -0.4 is 20.7 Å². The van der Waals surface area contributed by atoms with Crippen molar-refractivity contribution in [2.75, 3.05) is 0 Å². The van der Waals surface area contributed by atoms with Crippen LogP contribution >= 0.6 is 0 Å². The first-order chi connectivity index (χ1) is 34.8. The van der Waals surface area contributed by atoms with Crippen molar-refractivity contribution in [3.63, 3.8) is 0 Å². The maximum Gasteiger partial charge on any atom is 0.179 e. The largest absolute Gasteiger partial charge is 0.309 e. The number of hydrogen-bond acceptors (Lipinski definition) is 0. The van der Waals surface area contributed by atoms with Gasteiger partial charge in [0, 0.05) is 54.8 Å². The van der Waals surface area contributed by atoms with Crippen LogP contribution in [0.4, 0.5) is 0 Å². The summed E-state index contributed by atoms with van der Waals surface area (Å²) >= 11 is 0. The van der Waals surface area contributed by atoms with Crippen LogP contribution in [0.25, 0.3) is 93.6 Å². The summed E-state index contributed by atoms with van der Waals surface area (Å²) in [5.74, 6) is 0. The average molecular weight is 908 g/mol. The van der Waals surface area contributed by atoms with Gasteiger partial charge in [-0.3, -0.25) is 0 Å². The highest BCUT2D eigenvalue weighted by Crippen LogP contribution is 2.45. The lowest BCUT2D eigenvalue weighted by Gasteiger charge is -2.34. The van der Waals surface area contributed by atoms with Crippen molar-refractivity contribution in [1.82, 2.24) is 13.7 Å². The molecule has 0 unspecified atom stereocenters. The van der Waals surface area contributed by atoms with Crippen molar-refractivity contribution in [2.24, 2.45) is 0 Å². The van der Waals surface area contributed by atoms with Crippen molar-refractivity contribution in [3.05, 3.63) is 273 Å². The highest BCUT2D eigenvalue weighted by atomic mass is 28.3. The van der Waals surface area contributed by atoms with Gasteiger partial charge in [0.2, 0.25) is 0 Å². The molecule has 3 nitrogen and oxygen atoms in total. The van der Waals surface area contributed by atoms with Gasteiger partial charge in [0.1, 0.15) is 0 Å². The van der Waals surface area contributed by atoms with Crippen LogP contribution in [0.15, 0.2) is 273 Å². The summed E-state index contributed by atoms with van der Waals surface area (Å²) in [7, 11) is -2.74. The molecule has 0 aliphatic carbocycles. The fraction of sp³-hybridized carbons (Fsp3) is 0. The summed E-state index contributed by atoms with van der Waals surface area (Å²) < 4.78 is 7.52. The summed E-state index contributed by atoms with van der Waals surface area (Å²) in [6, 6.07) is 101. The van der Waals surface area contributed by atoms with Crippen molar-refractivity contribution in [2.45, 2.75) is 0 Å². The van der Waals surface area contributed by atoms with Crippen molar-refractivity contribution in [1.29, 1.82) is 0 Å². The zero-order valence-corrected chi connectivity index (χ0v) is 39.3. The molecule has 0 atom stereocenters. The van der Waals surface area contributed by atoms with Gasteiger partial charge < -0.3 is 13.7 Å². The van der Waals surface area contributed by atoms with Gasteiger partial charge in [-0.1, -0.05) is 224 Å². The quantitative estimate of drug-likeness (QED) is 0.107. The molecule has 14 aromatic rings. The third kappa shape index (κ3) is 5.87. The first kappa shape index (κ1) is 40.1. The van der Waals surface area contributed by atoms with E-state index in [1.54, 1.807) is 0 Å². The van der Waals surface area contributed by atoms with Gasteiger partial charge in [-0.25, -0.2) is 0 Å². The monoisotopic (exact) mass is 907 g/mol. The molecule has 0 saturated carbocycles. The Morgan fingerprint density at radius 1 is 0.214 bits per heavy atom. The molecule has 328 valence electrons. The molecule has 0 bridgehead atoms. The lowest BCUT2D eigenvalue weighted by Crippen LogP contribution is -2.74. The molecular weight excluding hydrogens is 863 g/mol. The molecule has 14 rings (SSSR count). The maximum absolute atomic E-state index is 2.74. The Labute approximate surface area is 407 Å². The van der Waals surface area contributed by atoms with Crippen molar-refractivity contribution < 1.29 is 0 Å². The fourth-order valence-electron chi connectivity index (χ4n) is 11.9. The summed E-state index contributed by atoms with van der Waals surface area (Å²) in [6.07, 6.45) is 0. The number of hydrogen-bond donors (Lipinski definition) is 0. The van der Waals surface area contributed by atoms with E-state index in [2.05, 4.69) is 287 Å². The minimum absolute atomic E-state index is 1.12. The molecule has 4 heteroatoms. The van der Waals surface area contributed by atoms with Crippen LogP contribution in [0.3, 0.4) is 0 Å². The Kier molecular flexibility index (Phi) is 9.23. The van der Waals surface area contributed by atoms with E-state index in [9.17, 15) is 0 Å². The van der Waals surface area contributed by atoms with Crippen LogP contribution in [0, 0.1) is 0 Å². The Balaban J connectivity index is 1.05. The van der Waals surface area contributed by atoms with Gasteiger partial charge in [0.05, 0.1) is 38.8 Å². The SMILES string of the molecule is c1ccc(-n2c3ccccc3c3cccc(-c4cccc5c6ccccc6n(-c6cccc7c8ccccc8n(-c8ccc([Si](c9ccccc9)(c9ccccc9)c9ccccc9)cc8)c67)c45)c32)cc1. The minimum Gasteiger partial charge on any atom is -0.309 e. The van der Waals surface area contributed by atoms with E-state index < -0.39 is 8.07 Å². The molecule has 3 heterocycles. The Morgan fingerprint density at radius 2 is 0.543 bits per heavy atom. The minimum atomic E-state index is -2.74. The van der Waals surface area contributed by atoms with E-state index in [0.29, 0.717) is 0 Å². The topological polar surface area (TPSA) is 14.8 Å². The predicted molar refractivity (Wildman–Crippen MR) is 299 cm³/mol. The van der Waals surface area contributed by atoms with Crippen LogP contribution in [0.5, 0.6) is 0 Å². The van der Waals surface area contributed by atoms with Gasteiger partial charge in [-0.15, -0.1) is 0 Å². The Bertz CT molecular complexity index is 4170. The summed E-state index contributed by atoms with van der Waals surface area (Å²) in [4.78, 5) is 0. The number of aromatic nitrogens is 3. The number of para-hydroxylation sites is 7. The smallest absolute Gasteiger partial charge is 0.179 e. The molecule has 0 spiro atoms. The highest BCUT2D eigenvalue weighted by Gasteiger charge is 2.41. The summed E-state index contributed by atoms with van der Waals surface area (Å²) in [5, 5.41) is 12.8. The standard InChI is InChI=1S/C66H45N3Si/c1-5-22-46(23-6-1)67-60-38-16-13-30-52(60)55-33-19-35-58(64(55)67)59-36-20-34-56-53-31-15-18-40-62(53)69(65(56)59)63-41-21-37-57-54-32-14-17-39-61(54)68(66(57)63)47-42-44-51(45-43-47)70(48-24-7-2-8-25-48,49-26-9-3-10-27-49)50-28-11-4-12-29-50/h1-45H. The van der Waals surface area contributed by atoms with Crippen LogP contribution in [0.2, 0.25) is 0 Å². The second kappa shape index (κ2) is 16.1. The third-order valence-corrected chi connectivity index (χ3v) is 19.6. The summed E-state index contributed by atoms with van der Waals surface area (Å²) in [6.45, 7) is 0. The molecule has 11 aromatic carbocycles. The van der Waals surface area contributed by atoms with E-state index in [1.807, 2.05) is 0 Å². The van der Waals surface area contributed by atoms with Gasteiger partial charge in [0.15, 0.2) is 8.07 Å². The molecule has 0 aliphatic rings. The molecule has 0 N–H and O–H groups in total. The van der Waals surface area contributed by atoms with Crippen molar-refractivity contribution in [3.8, 4) is 28.2 Å². The van der Waals surface area contributed by atoms with Gasteiger partial charge in [-0.05, 0) is 69.3 Å². The zero-order chi connectivity index (χ0) is 46.2.